The predicted octanol–water partition coefficient (Wildman–Crippen LogP) is 2.73. The van der Waals surface area contributed by atoms with Crippen molar-refractivity contribution in [3.05, 3.63) is 0 Å². The SMILES string of the molecule is Cl.Cl.NCCCCCCC(=O)NC1CCN(CC2CC2)CC1. The first kappa shape index (κ1) is 22.0. The number of piperidine rings is 1. The van der Waals surface area contributed by atoms with E-state index in [1.54, 1.807) is 0 Å². The van der Waals surface area contributed by atoms with E-state index < -0.39 is 0 Å². The first-order chi connectivity index (χ1) is 9.78. The van der Waals surface area contributed by atoms with Crippen molar-refractivity contribution in [2.75, 3.05) is 26.2 Å². The van der Waals surface area contributed by atoms with E-state index in [2.05, 4.69) is 10.2 Å². The summed E-state index contributed by atoms with van der Waals surface area (Å²) in [5.74, 6) is 1.23. The molecule has 0 aromatic heterocycles. The van der Waals surface area contributed by atoms with Gasteiger partial charge >= 0.3 is 0 Å². The molecule has 132 valence electrons. The Hall–Kier alpha value is -0.0300. The standard InChI is InChI=1S/C16H31N3O.2ClH/c17-10-4-2-1-3-5-16(20)18-15-8-11-19(12-9-15)13-14-6-7-14;;/h14-15H,1-13,17H2,(H,18,20);2*1H. The molecule has 6 heteroatoms. The van der Waals surface area contributed by atoms with Gasteiger partial charge in [0, 0.05) is 32.1 Å². The first-order valence-electron chi connectivity index (χ1n) is 8.49. The Morgan fingerprint density at radius 3 is 2.23 bits per heavy atom. The third-order valence-electron chi connectivity index (χ3n) is 4.52. The van der Waals surface area contributed by atoms with Crippen molar-refractivity contribution in [1.29, 1.82) is 0 Å². The average molecular weight is 354 g/mol. The minimum absolute atomic E-state index is 0. The van der Waals surface area contributed by atoms with Crippen molar-refractivity contribution in [1.82, 2.24) is 10.2 Å². The van der Waals surface area contributed by atoms with Gasteiger partial charge in [0.15, 0.2) is 0 Å². The van der Waals surface area contributed by atoms with E-state index in [0.29, 0.717) is 12.5 Å². The van der Waals surface area contributed by atoms with Crippen LogP contribution in [0.2, 0.25) is 0 Å². The zero-order valence-electron chi connectivity index (χ0n) is 13.6. The number of rotatable bonds is 9. The number of likely N-dealkylation sites (tertiary alicyclic amines) is 1. The van der Waals surface area contributed by atoms with Crippen molar-refractivity contribution in [3.63, 3.8) is 0 Å². The van der Waals surface area contributed by atoms with Crippen LogP contribution in [0.15, 0.2) is 0 Å². The van der Waals surface area contributed by atoms with Crippen molar-refractivity contribution in [2.24, 2.45) is 11.7 Å². The van der Waals surface area contributed by atoms with E-state index in [9.17, 15) is 4.79 Å². The molecule has 1 aliphatic heterocycles. The molecule has 0 spiro atoms. The summed E-state index contributed by atoms with van der Waals surface area (Å²) >= 11 is 0. The molecular formula is C16H33Cl2N3O. The number of nitrogens with one attached hydrogen (secondary N) is 1. The molecule has 2 fully saturated rings. The van der Waals surface area contributed by atoms with Crippen LogP contribution in [-0.2, 0) is 4.79 Å². The number of amides is 1. The van der Waals surface area contributed by atoms with Crippen molar-refractivity contribution in [2.45, 2.75) is 63.8 Å². The highest BCUT2D eigenvalue weighted by atomic mass is 35.5. The molecule has 0 radical (unpaired) electrons. The molecule has 1 saturated carbocycles. The Balaban J connectivity index is 0.00000220. The second-order valence-electron chi connectivity index (χ2n) is 6.54. The van der Waals surface area contributed by atoms with E-state index >= 15 is 0 Å². The monoisotopic (exact) mass is 353 g/mol. The summed E-state index contributed by atoms with van der Waals surface area (Å²) < 4.78 is 0. The fraction of sp³-hybridized carbons (Fsp3) is 0.938. The number of halogens is 2. The normalized spacial score (nSPS) is 19.1. The topological polar surface area (TPSA) is 58.4 Å². The molecule has 0 aromatic carbocycles. The lowest BCUT2D eigenvalue weighted by molar-refractivity contribution is -0.122. The highest BCUT2D eigenvalue weighted by molar-refractivity contribution is 5.85. The highest BCUT2D eigenvalue weighted by Crippen LogP contribution is 2.30. The summed E-state index contributed by atoms with van der Waals surface area (Å²) in [7, 11) is 0. The average Bonchev–Trinajstić information content (AvgIpc) is 3.25. The van der Waals surface area contributed by atoms with E-state index in [-0.39, 0.29) is 30.7 Å². The number of hydrogen-bond donors (Lipinski definition) is 2. The summed E-state index contributed by atoms with van der Waals surface area (Å²) in [4.78, 5) is 14.4. The van der Waals surface area contributed by atoms with Crippen LogP contribution < -0.4 is 11.1 Å². The molecule has 0 bridgehead atoms. The Bertz CT molecular complexity index is 293. The molecule has 3 N–H and O–H groups in total. The fourth-order valence-corrected chi connectivity index (χ4v) is 3.01. The van der Waals surface area contributed by atoms with Gasteiger partial charge in [-0.1, -0.05) is 12.8 Å². The summed E-state index contributed by atoms with van der Waals surface area (Å²) in [6, 6.07) is 0.419. The van der Waals surface area contributed by atoms with Crippen LogP contribution in [0.1, 0.15) is 57.8 Å². The summed E-state index contributed by atoms with van der Waals surface area (Å²) in [5, 5.41) is 3.21. The second-order valence-corrected chi connectivity index (χ2v) is 6.54. The van der Waals surface area contributed by atoms with E-state index in [1.807, 2.05) is 0 Å². The van der Waals surface area contributed by atoms with Crippen molar-refractivity contribution < 1.29 is 4.79 Å². The number of carbonyl (C=O) groups is 1. The zero-order valence-corrected chi connectivity index (χ0v) is 15.2. The van der Waals surface area contributed by atoms with Gasteiger partial charge in [0.25, 0.3) is 0 Å². The molecule has 1 saturated heterocycles. The van der Waals surface area contributed by atoms with Gasteiger partial charge in [-0.05, 0) is 51.0 Å². The maximum atomic E-state index is 11.9. The quantitative estimate of drug-likeness (QED) is 0.626. The van der Waals surface area contributed by atoms with Gasteiger partial charge in [0.05, 0.1) is 0 Å². The fourth-order valence-electron chi connectivity index (χ4n) is 3.01. The Morgan fingerprint density at radius 2 is 1.64 bits per heavy atom. The van der Waals surface area contributed by atoms with Gasteiger partial charge in [-0.3, -0.25) is 4.79 Å². The molecule has 4 nitrogen and oxygen atoms in total. The molecule has 1 heterocycles. The minimum atomic E-state index is 0. The van der Waals surface area contributed by atoms with Crippen LogP contribution in [0.3, 0.4) is 0 Å². The molecule has 0 unspecified atom stereocenters. The van der Waals surface area contributed by atoms with Crippen LogP contribution in [0, 0.1) is 5.92 Å². The van der Waals surface area contributed by atoms with Crippen LogP contribution in [0.5, 0.6) is 0 Å². The summed E-state index contributed by atoms with van der Waals surface area (Å²) in [6.07, 6.45) is 10.2. The molecule has 0 aromatic rings. The largest absolute Gasteiger partial charge is 0.353 e. The number of carbonyl (C=O) groups excluding carboxylic acids is 1. The smallest absolute Gasteiger partial charge is 0.220 e. The van der Waals surface area contributed by atoms with E-state index in [4.69, 9.17) is 5.73 Å². The molecule has 2 rings (SSSR count). The van der Waals surface area contributed by atoms with Crippen LogP contribution in [0.4, 0.5) is 0 Å². The molecule has 0 atom stereocenters. The third-order valence-corrected chi connectivity index (χ3v) is 4.52. The number of hydrogen-bond acceptors (Lipinski definition) is 3. The first-order valence-corrected chi connectivity index (χ1v) is 8.49. The lowest BCUT2D eigenvalue weighted by Crippen LogP contribution is -2.45. The lowest BCUT2D eigenvalue weighted by Gasteiger charge is -2.32. The van der Waals surface area contributed by atoms with Gasteiger partial charge in [0.2, 0.25) is 5.91 Å². The highest BCUT2D eigenvalue weighted by Gasteiger charge is 2.27. The number of unbranched alkanes of at least 4 members (excludes halogenated alkanes) is 3. The van der Waals surface area contributed by atoms with Gasteiger partial charge in [0.1, 0.15) is 0 Å². The van der Waals surface area contributed by atoms with Crippen molar-refractivity contribution in [3.8, 4) is 0 Å². The lowest BCUT2D eigenvalue weighted by atomic mass is 10.0. The summed E-state index contributed by atoms with van der Waals surface area (Å²) in [5.41, 5.74) is 5.46. The van der Waals surface area contributed by atoms with Gasteiger partial charge in [-0.2, -0.15) is 0 Å². The predicted molar refractivity (Wildman–Crippen MR) is 97.0 cm³/mol. The third kappa shape index (κ3) is 9.19. The minimum Gasteiger partial charge on any atom is -0.353 e. The van der Waals surface area contributed by atoms with Crippen LogP contribution in [-0.4, -0.2) is 43.0 Å². The Morgan fingerprint density at radius 1 is 1.00 bits per heavy atom. The van der Waals surface area contributed by atoms with Gasteiger partial charge in [-0.25, -0.2) is 0 Å². The molecule has 1 aliphatic carbocycles. The van der Waals surface area contributed by atoms with Crippen LogP contribution >= 0.6 is 24.8 Å². The molecular weight excluding hydrogens is 321 g/mol. The van der Waals surface area contributed by atoms with E-state index in [0.717, 1.165) is 64.1 Å². The zero-order chi connectivity index (χ0) is 14.2. The molecule has 1 amide bonds. The maximum Gasteiger partial charge on any atom is 0.220 e. The Labute approximate surface area is 147 Å². The number of nitrogens with two attached hydrogens (primary N) is 1. The van der Waals surface area contributed by atoms with Gasteiger partial charge in [-0.15, -0.1) is 24.8 Å². The maximum absolute atomic E-state index is 11.9. The molecule has 22 heavy (non-hydrogen) atoms. The number of nitrogens with zero attached hydrogens (tertiary/aromatic N) is 1. The van der Waals surface area contributed by atoms with Crippen LogP contribution in [0.25, 0.3) is 0 Å². The van der Waals surface area contributed by atoms with E-state index in [1.165, 1.54) is 19.4 Å². The molecule has 2 aliphatic rings. The van der Waals surface area contributed by atoms with Gasteiger partial charge < -0.3 is 16.0 Å². The Kier molecular flexibility index (Phi) is 12.4. The second kappa shape index (κ2) is 12.4. The van der Waals surface area contributed by atoms with Crippen molar-refractivity contribution >= 4 is 30.7 Å². The summed E-state index contributed by atoms with van der Waals surface area (Å²) in [6.45, 7) is 4.39.